The Bertz CT molecular complexity index is 845. The van der Waals surface area contributed by atoms with Gasteiger partial charge in [-0.25, -0.2) is 9.97 Å². The molecule has 3 aromatic rings. The predicted octanol–water partition coefficient (Wildman–Crippen LogP) is 3.33. The Labute approximate surface area is 148 Å². The molecule has 0 radical (unpaired) electrons. The van der Waals surface area contributed by atoms with E-state index in [1.165, 1.54) is 6.33 Å². The van der Waals surface area contributed by atoms with E-state index in [0.29, 0.717) is 6.54 Å². The maximum atomic E-state index is 5.42. The van der Waals surface area contributed by atoms with Gasteiger partial charge in [0.2, 0.25) is 0 Å². The number of fused-ring (bicyclic) bond motifs is 1. The maximum absolute atomic E-state index is 5.42. The van der Waals surface area contributed by atoms with Crippen molar-refractivity contribution >= 4 is 16.9 Å². The van der Waals surface area contributed by atoms with Gasteiger partial charge < -0.3 is 14.8 Å². The van der Waals surface area contributed by atoms with E-state index in [2.05, 4.69) is 20.4 Å². The van der Waals surface area contributed by atoms with Gasteiger partial charge in [-0.05, 0) is 19.1 Å². The molecule has 0 aliphatic heterocycles. The summed E-state index contributed by atoms with van der Waals surface area (Å²) in [5.41, 5.74) is 2.72. The summed E-state index contributed by atoms with van der Waals surface area (Å²) >= 11 is 0. The van der Waals surface area contributed by atoms with Crippen molar-refractivity contribution in [3.63, 3.8) is 0 Å². The third-order valence-electron chi connectivity index (χ3n) is 3.74. The van der Waals surface area contributed by atoms with Crippen LogP contribution in [0.4, 0.5) is 5.82 Å². The second-order valence-electron chi connectivity index (χ2n) is 5.16. The minimum Gasteiger partial charge on any atom is -0.497 e. The van der Waals surface area contributed by atoms with E-state index >= 15 is 0 Å². The average molecular weight is 343 g/mol. The summed E-state index contributed by atoms with van der Waals surface area (Å²) in [6.45, 7) is 6.53. The molecule has 25 heavy (non-hydrogen) atoms. The quantitative estimate of drug-likeness (QED) is 0.766. The van der Waals surface area contributed by atoms with Crippen molar-refractivity contribution in [2.24, 2.45) is 7.05 Å². The molecule has 1 aromatic carbocycles. The molecule has 7 heteroatoms. The van der Waals surface area contributed by atoms with Gasteiger partial charge >= 0.3 is 0 Å². The molecule has 0 bridgehead atoms. The van der Waals surface area contributed by atoms with Gasteiger partial charge in [-0.3, -0.25) is 4.68 Å². The average Bonchev–Trinajstić information content (AvgIpc) is 2.96. The maximum Gasteiger partial charge on any atom is 0.163 e. The molecule has 7 nitrogen and oxygen atoms in total. The molecule has 0 saturated heterocycles. The van der Waals surface area contributed by atoms with E-state index < -0.39 is 0 Å². The number of anilines is 1. The standard InChI is InChI=1S/C16H19N5O2.C2H6/c1-10-14-15(18-9-19-16(14)21(2)20-10)17-8-11-5-6-12(22-3)7-13(11)23-4;1-2/h5-7,9H,8H2,1-4H3,(H,17,18,19);1-2H3. The molecule has 1 N–H and O–H groups in total. The van der Waals surface area contributed by atoms with Crippen molar-refractivity contribution < 1.29 is 9.47 Å². The number of hydrogen-bond donors (Lipinski definition) is 1. The predicted molar refractivity (Wildman–Crippen MR) is 99.3 cm³/mol. The van der Waals surface area contributed by atoms with Gasteiger partial charge in [-0.15, -0.1) is 0 Å². The molecular weight excluding hydrogens is 318 g/mol. The molecule has 0 unspecified atom stereocenters. The normalized spacial score (nSPS) is 10.2. The lowest BCUT2D eigenvalue weighted by Gasteiger charge is -2.12. The smallest absolute Gasteiger partial charge is 0.163 e. The summed E-state index contributed by atoms with van der Waals surface area (Å²) in [4.78, 5) is 8.63. The van der Waals surface area contributed by atoms with Crippen molar-refractivity contribution in [3.8, 4) is 11.5 Å². The van der Waals surface area contributed by atoms with Gasteiger partial charge in [0.1, 0.15) is 23.6 Å². The number of hydrogen-bond acceptors (Lipinski definition) is 6. The number of aromatic nitrogens is 4. The third-order valence-corrected chi connectivity index (χ3v) is 3.74. The van der Waals surface area contributed by atoms with Crippen molar-refractivity contribution in [1.82, 2.24) is 19.7 Å². The van der Waals surface area contributed by atoms with Crippen LogP contribution < -0.4 is 14.8 Å². The fourth-order valence-corrected chi connectivity index (χ4v) is 2.59. The fraction of sp³-hybridized carbons (Fsp3) is 0.389. The molecule has 0 atom stereocenters. The summed E-state index contributed by atoms with van der Waals surface area (Å²) in [6.07, 6.45) is 1.54. The molecule has 2 heterocycles. The van der Waals surface area contributed by atoms with E-state index in [4.69, 9.17) is 9.47 Å². The summed E-state index contributed by atoms with van der Waals surface area (Å²) in [5, 5.41) is 8.67. The Morgan fingerprint density at radius 1 is 1.12 bits per heavy atom. The molecule has 0 amide bonds. The molecule has 2 aromatic heterocycles. The highest BCUT2D eigenvalue weighted by atomic mass is 16.5. The SMILES string of the molecule is CC.COc1ccc(CNc2ncnc3c2c(C)nn3C)c(OC)c1. The van der Waals surface area contributed by atoms with E-state index in [1.54, 1.807) is 18.9 Å². The van der Waals surface area contributed by atoms with Crippen LogP contribution in [-0.4, -0.2) is 34.0 Å². The summed E-state index contributed by atoms with van der Waals surface area (Å²) in [7, 11) is 5.15. The summed E-state index contributed by atoms with van der Waals surface area (Å²) in [5.74, 6) is 2.29. The first-order chi connectivity index (χ1) is 12.1. The van der Waals surface area contributed by atoms with Crippen molar-refractivity contribution in [2.45, 2.75) is 27.3 Å². The Hall–Kier alpha value is -2.83. The Morgan fingerprint density at radius 3 is 2.56 bits per heavy atom. The molecule has 0 fully saturated rings. The summed E-state index contributed by atoms with van der Waals surface area (Å²) in [6, 6.07) is 5.74. The Balaban J connectivity index is 0.00000109. The number of benzene rings is 1. The first-order valence-corrected chi connectivity index (χ1v) is 8.23. The first-order valence-electron chi connectivity index (χ1n) is 8.23. The zero-order valence-electron chi connectivity index (χ0n) is 15.6. The number of rotatable bonds is 5. The minimum atomic E-state index is 0.577. The topological polar surface area (TPSA) is 74.1 Å². The molecule has 0 saturated carbocycles. The number of ether oxygens (including phenoxy) is 2. The highest BCUT2D eigenvalue weighted by Gasteiger charge is 2.13. The van der Waals surface area contributed by atoms with E-state index in [1.807, 2.05) is 46.0 Å². The van der Waals surface area contributed by atoms with Crippen LogP contribution in [0.5, 0.6) is 11.5 Å². The molecular formula is C18H25N5O2. The van der Waals surface area contributed by atoms with Crippen LogP contribution in [0, 0.1) is 6.92 Å². The molecule has 3 rings (SSSR count). The number of methoxy groups -OCH3 is 2. The zero-order valence-corrected chi connectivity index (χ0v) is 15.6. The van der Waals surface area contributed by atoms with Gasteiger partial charge in [0.15, 0.2) is 5.65 Å². The van der Waals surface area contributed by atoms with Crippen LogP contribution in [0.1, 0.15) is 25.1 Å². The lowest BCUT2D eigenvalue weighted by molar-refractivity contribution is 0.391. The van der Waals surface area contributed by atoms with Gasteiger partial charge in [0, 0.05) is 25.2 Å². The van der Waals surface area contributed by atoms with E-state index in [-0.39, 0.29) is 0 Å². The fourth-order valence-electron chi connectivity index (χ4n) is 2.59. The second kappa shape index (κ2) is 8.32. The number of nitrogens with one attached hydrogen (secondary N) is 1. The second-order valence-corrected chi connectivity index (χ2v) is 5.16. The number of nitrogens with zero attached hydrogens (tertiary/aromatic N) is 4. The van der Waals surface area contributed by atoms with Crippen LogP contribution in [0.3, 0.4) is 0 Å². The lowest BCUT2D eigenvalue weighted by atomic mass is 10.2. The van der Waals surface area contributed by atoms with Gasteiger partial charge in [-0.1, -0.05) is 13.8 Å². The number of aryl methyl sites for hydroxylation is 2. The van der Waals surface area contributed by atoms with Gasteiger partial charge in [-0.2, -0.15) is 5.10 Å². The van der Waals surface area contributed by atoms with E-state index in [9.17, 15) is 0 Å². The van der Waals surface area contributed by atoms with Crippen LogP contribution in [0.25, 0.3) is 11.0 Å². The highest BCUT2D eigenvalue weighted by molar-refractivity contribution is 5.89. The molecule has 0 aliphatic rings. The molecule has 0 aliphatic carbocycles. The monoisotopic (exact) mass is 343 g/mol. The van der Waals surface area contributed by atoms with Crippen LogP contribution in [0.15, 0.2) is 24.5 Å². The largest absolute Gasteiger partial charge is 0.497 e. The van der Waals surface area contributed by atoms with Crippen LogP contribution in [-0.2, 0) is 13.6 Å². The van der Waals surface area contributed by atoms with E-state index in [0.717, 1.165) is 39.6 Å². The summed E-state index contributed by atoms with van der Waals surface area (Å²) < 4.78 is 12.4. The molecule has 0 spiro atoms. The highest BCUT2D eigenvalue weighted by Crippen LogP contribution is 2.27. The third kappa shape index (κ3) is 3.81. The van der Waals surface area contributed by atoms with Gasteiger partial charge in [0.25, 0.3) is 0 Å². The molecule has 134 valence electrons. The minimum absolute atomic E-state index is 0.577. The lowest BCUT2D eigenvalue weighted by Crippen LogP contribution is -2.04. The van der Waals surface area contributed by atoms with Crippen molar-refractivity contribution in [1.29, 1.82) is 0 Å². The van der Waals surface area contributed by atoms with Gasteiger partial charge in [0.05, 0.1) is 25.3 Å². The first kappa shape index (κ1) is 18.5. The van der Waals surface area contributed by atoms with Crippen LogP contribution in [0.2, 0.25) is 0 Å². The van der Waals surface area contributed by atoms with Crippen molar-refractivity contribution in [2.75, 3.05) is 19.5 Å². The zero-order chi connectivity index (χ0) is 18.4. The Kier molecular flexibility index (Phi) is 6.16. The van der Waals surface area contributed by atoms with Crippen LogP contribution >= 0.6 is 0 Å². The van der Waals surface area contributed by atoms with Crippen molar-refractivity contribution in [3.05, 3.63) is 35.8 Å². The Morgan fingerprint density at radius 2 is 1.88 bits per heavy atom.